The van der Waals surface area contributed by atoms with Crippen LogP contribution in [0.25, 0.3) is 22.2 Å². The number of benzene rings is 1. The molecule has 0 aliphatic rings. The average Bonchev–Trinajstić information content (AvgIpc) is 3.16. The number of hydrogen-bond donors (Lipinski definition) is 2. The summed E-state index contributed by atoms with van der Waals surface area (Å²) in [6.07, 6.45) is 4.60. The Bertz CT molecular complexity index is 1330. The molecule has 31 heavy (non-hydrogen) atoms. The van der Waals surface area contributed by atoms with Gasteiger partial charge in [-0.1, -0.05) is 0 Å². The molecule has 3 heterocycles. The zero-order valence-electron chi connectivity index (χ0n) is 16.6. The Kier molecular flexibility index (Phi) is 4.94. The van der Waals surface area contributed by atoms with E-state index in [0.29, 0.717) is 16.6 Å². The second kappa shape index (κ2) is 7.60. The van der Waals surface area contributed by atoms with E-state index in [2.05, 4.69) is 15.0 Å². The number of hydrogen-bond acceptors (Lipinski definition) is 5. The minimum atomic E-state index is -1.29. The highest BCUT2D eigenvalue weighted by Gasteiger charge is 2.25. The van der Waals surface area contributed by atoms with Crippen molar-refractivity contribution >= 4 is 28.5 Å². The Hall–Kier alpha value is -4.14. The van der Waals surface area contributed by atoms with Gasteiger partial charge in [0.25, 0.3) is 5.91 Å². The van der Waals surface area contributed by atoms with E-state index >= 15 is 0 Å². The summed E-state index contributed by atoms with van der Waals surface area (Å²) >= 11 is 0. The third-order valence-electron chi connectivity index (χ3n) is 4.90. The smallest absolute Gasteiger partial charge is 0.251 e. The van der Waals surface area contributed by atoms with Crippen molar-refractivity contribution in [3.05, 3.63) is 77.2 Å². The number of carbonyl (C=O) groups is 2. The normalized spacial score (nSPS) is 11.0. The Labute approximate surface area is 175 Å². The van der Waals surface area contributed by atoms with Gasteiger partial charge in [-0.15, -0.1) is 0 Å². The molecule has 9 heteroatoms. The number of H-pyrrole nitrogens is 1. The van der Waals surface area contributed by atoms with Crippen molar-refractivity contribution in [2.75, 3.05) is 19.0 Å². The van der Waals surface area contributed by atoms with E-state index in [4.69, 9.17) is 5.73 Å². The number of anilines is 1. The first kappa shape index (κ1) is 20.1. The summed E-state index contributed by atoms with van der Waals surface area (Å²) in [6, 6.07) is 7.12. The fourth-order valence-electron chi connectivity index (χ4n) is 3.26. The average molecular weight is 421 g/mol. The van der Waals surface area contributed by atoms with Crippen LogP contribution < -0.4 is 10.6 Å². The Morgan fingerprint density at radius 1 is 1.00 bits per heavy atom. The van der Waals surface area contributed by atoms with E-state index in [1.807, 2.05) is 31.1 Å². The van der Waals surface area contributed by atoms with Crippen molar-refractivity contribution < 1.29 is 18.4 Å². The molecule has 1 amide bonds. The zero-order chi connectivity index (χ0) is 22.3. The quantitative estimate of drug-likeness (QED) is 0.481. The first-order chi connectivity index (χ1) is 14.8. The predicted octanol–water partition coefficient (Wildman–Crippen LogP) is 3.30. The lowest BCUT2D eigenvalue weighted by Gasteiger charge is -2.11. The summed E-state index contributed by atoms with van der Waals surface area (Å²) in [5.41, 5.74) is 5.53. The molecule has 0 fully saturated rings. The number of pyridine rings is 2. The van der Waals surface area contributed by atoms with Gasteiger partial charge in [0.05, 0.1) is 11.1 Å². The molecular weight excluding hydrogens is 404 g/mol. The molecule has 0 saturated carbocycles. The van der Waals surface area contributed by atoms with Gasteiger partial charge in [0, 0.05) is 54.8 Å². The third kappa shape index (κ3) is 3.50. The fraction of sp³-hybridized carbons (Fsp3) is 0.0909. The van der Waals surface area contributed by atoms with E-state index < -0.39 is 34.5 Å². The number of nitrogens with one attached hydrogen (secondary N) is 1. The van der Waals surface area contributed by atoms with Gasteiger partial charge >= 0.3 is 0 Å². The summed E-state index contributed by atoms with van der Waals surface area (Å²) < 4.78 is 29.0. The maximum Gasteiger partial charge on any atom is 0.251 e. The van der Waals surface area contributed by atoms with Gasteiger partial charge in [0.15, 0.2) is 0 Å². The van der Waals surface area contributed by atoms with E-state index in [1.165, 1.54) is 6.20 Å². The van der Waals surface area contributed by atoms with Crippen molar-refractivity contribution in [3.8, 4) is 11.1 Å². The molecule has 4 rings (SSSR count). The number of halogens is 2. The van der Waals surface area contributed by atoms with Gasteiger partial charge in [-0.05, 0) is 30.3 Å². The number of fused-ring (bicyclic) bond motifs is 1. The predicted molar refractivity (Wildman–Crippen MR) is 112 cm³/mol. The highest BCUT2D eigenvalue weighted by Crippen LogP contribution is 2.28. The first-order valence-electron chi connectivity index (χ1n) is 9.21. The van der Waals surface area contributed by atoms with Gasteiger partial charge < -0.3 is 15.6 Å². The van der Waals surface area contributed by atoms with Crippen LogP contribution in [0.2, 0.25) is 0 Å². The number of nitrogens with zero attached hydrogens (tertiary/aromatic N) is 3. The molecule has 0 bridgehead atoms. The second-order valence-corrected chi connectivity index (χ2v) is 7.10. The van der Waals surface area contributed by atoms with Crippen molar-refractivity contribution in [1.29, 1.82) is 0 Å². The number of carbonyl (C=O) groups excluding carboxylic acids is 2. The highest BCUT2D eigenvalue weighted by atomic mass is 19.1. The van der Waals surface area contributed by atoms with Crippen LogP contribution in [0.4, 0.5) is 14.6 Å². The molecule has 0 atom stereocenters. The summed E-state index contributed by atoms with van der Waals surface area (Å²) in [7, 11) is 3.75. The van der Waals surface area contributed by atoms with E-state index in [-0.39, 0.29) is 5.56 Å². The van der Waals surface area contributed by atoms with Gasteiger partial charge in [-0.25, -0.2) is 18.7 Å². The molecule has 0 spiro atoms. The van der Waals surface area contributed by atoms with Crippen LogP contribution >= 0.6 is 0 Å². The first-order valence-corrected chi connectivity index (χ1v) is 9.21. The van der Waals surface area contributed by atoms with Crippen molar-refractivity contribution in [2.45, 2.75) is 0 Å². The molecule has 7 nitrogen and oxygen atoms in total. The monoisotopic (exact) mass is 421 g/mol. The summed E-state index contributed by atoms with van der Waals surface area (Å²) in [6.45, 7) is 0. The van der Waals surface area contributed by atoms with Crippen LogP contribution in [-0.2, 0) is 0 Å². The standard InChI is InChI=1S/C22H17F2N5O2/c1-29(2)17-6-3-11(8-26-17)12-7-14-15(10-28-22(14)27-9-12)20(30)18-16(23)5-4-13(19(18)24)21(25)31/h3-10H,1-2H3,(H2,25,31)(H,27,28). The number of primary amides is 1. The molecule has 3 N–H and O–H groups in total. The van der Waals surface area contributed by atoms with Crippen LogP contribution in [0.1, 0.15) is 26.3 Å². The van der Waals surface area contributed by atoms with Crippen LogP contribution in [0.3, 0.4) is 0 Å². The van der Waals surface area contributed by atoms with Crippen LogP contribution in [-0.4, -0.2) is 40.7 Å². The molecule has 0 aliphatic heterocycles. The number of aromatic nitrogens is 3. The van der Waals surface area contributed by atoms with Gasteiger partial charge in [0.2, 0.25) is 5.78 Å². The lowest BCUT2D eigenvalue weighted by Crippen LogP contribution is -2.17. The molecule has 0 unspecified atom stereocenters. The van der Waals surface area contributed by atoms with E-state index in [9.17, 15) is 18.4 Å². The van der Waals surface area contributed by atoms with Crippen molar-refractivity contribution in [1.82, 2.24) is 15.0 Å². The Balaban J connectivity index is 1.81. The maximum absolute atomic E-state index is 14.7. The molecule has 3 aromatic heterocycles. The summed E-state index contributed by atoms with van der Waals surface area (Å²) in [5, 5.41) is 0.377. The Morgan fingerprint density at radius 3 is 2.39 bits per heavy atom. The Morgan fingerprint density at radius 2 is 1.74 bits per heavy atom. The fourth-order valence-corrected chi connectivity index (χ4v) is 3.26. The molecular formula is C22H17F2N5O2. The molecule has 1 aromatic carbocycles. The van der Waals surface area contributed by atoms with Gasteiger partial charge in [-0.3, -0.25) is 9.59 Å². The van der Waals surface area contributed by atoms with Gasteiger partial charge in [0.1, 0.15) is 23.1 Å². The lowest BCUT2D eigenvalue weighted by molar-refractivity contribution is 0.0996. The van der Waals surface area contributed by atoms with Crippen LogP contribution in [0.5, 0.6) is 0 Å². The number of rotatable bonds is 5. The molecule has 0 saturated heterocycles. The SMILES string of the molecule is CN(C)c1ccc(-c2cnc3[nH]cc(C(=O)c4c(F)ccc(C(N)=O)c4F)c3c2)cn1. The van der Waals surface area contributed by atoms with E-state index in [0.717, 1.165) is 23.5 Å². The lowest BCUT2D eigenvalue weighted by atomic mass is 9.98. The largest absolute Gasteiger partial charge is 0.366 e. The van der Waals surface area contributed by atoms with Gasteiger partial charge in [-0.2, -0.15) is 0 Å². The summed E-state index contributed by atoms with van der Waals surface area (Å²) in [5.74, 6) is -3.63. The van der Waals surface area contributed by atoms with E-state index in [1.54, 1.807) is 18.5 Å². The molecule has 0 aliphatic carbocycles. The number of ketones is 1. The minimum Gasteiger partial charge on any atom is -0.366 e. The maximum atomic E-state index is 14.7. The number of nitrogens with two attached hydrogens (primary N) is 1. The number of aromatic amines is 1. The minimum absolute atomic E-state index is 0.0154. The van der Waals surface area contributed by atoms with Crippen molar-refractivity contribution in [2.24, 2.45) is 5.73 Å². The third-order valence-corrected chi connectivity index (χ3v) is 4.90. The highest BCUT2D eigenvalue weighted by molar-refractivity contribution is 6.17. The molecule has 4 aromatic rings. The topological polar surface area (TPSA) is 105 Å². The van der Waals surface area contributed by atoms with Crippen molar-refractivity contribution in [3.63, 3.8) is 0 Å². The summed E-state index contributed by atoms with van der Waals surface area (Å²) in [4.78, 5) is 37.7. The zero-order valence-corrected chi connectivity index (χ0v) is 16.6. The molecule has 0 radical (unpaired) electrons. The van der Waals surface area contributed by atoms with Crippen LogP contribution in [0.15, 0.2) is 48.9 Å². The van der Waals surface area contributed by atoms with Crippen LogP contribution in [0, 0.1) is 11.6 Å². The number of amides is 1. The second-order valence-electron chi connectivity index (χ2n) is 7.10. The molecule has 156 valence electrons.